The molecule has 0 saturated carbocycles. The van der Waals surface area contributed by atoms with Gasteiger partial charge >= 0.3 is 0 Å². The van der Waals surface area contributed by atoms with Crippen LogP contribution in [0.4, 0.5) is 0 Å². The zero-order chi connectivity index (χ0) is 24.9. The average molecular weight is 468 g/mol. The fraction of sp³-hybridized carbons (Fsp3) is 0.300. The molecular formula is C30H33N3O2. The third kappa shape index (κ3) is 4.90. The Morgan fingerprint density at radius 3 is 2.34 bits per heavy atom. The van der Waals surface area contributed by atoms with E-state index in [4.69, 9.17) is 4.98 Å². The van der Waals surface area contributed by atoms with Crippen molar-refractivity contribution in [2.45, 2.75) is 53.0 Å². The first-order chi connectivity index (χ1) is 17.0. The summed E-state index contributed by atoms with van der Waals surface area (Å²) in [6.45, 7) is 8.73. The molecule has 35 heavy (non-hydrogen) atoms. The van der Waals surface area contributed by atoms with Gasteiger partial charge in [0, 0.05) is 12.1 Å². The van der Waals surface area contributed by atoms with Crippen LogP contribution in [0.2, 0.25) is 0 Å². The summed E-state index contributed by atoms with van der Waals surface area (Å²) in [5, 5.41) is 0.563. The highest BCUT2D eigenvalue weighted by Gasteiger charge is 2.28. The largest absolute Gasteiger partial charge is 0.329 e. The van der Waals surface area contributed by atoms with Crippen LogP contribution >= 0.6 is 0 Å². The van der Waals surface area contributed by atoms with Gasteiger partial charge in [0.25, 0.3) is 11.5 Å². The molecule has 4 aromatic rings. The molecule has 0 aliphatic rings. The third-order valence-electron chi connectivity index (χ3n) is 6.63. The quantitative estimate of drug-likeness (QED) is 0.307. The number of carbonyl (C=O) groups is 1. The highest BCUT2D eigenvalue weighted by molar-refractivity contribution is 5.96. The van der Waals surface area contributed by atoms with Gasteiger partial charge in [-0.1, -0.05) is 62.7 Å². The van der Waals surface area contributed by atoms with E-state index >= 15 is 0 Å². The number of hydrogen-bond donors (Lipinski definition) is 0. The summed E-state index contributed by atoms with van der Waals surface area (Å²) < 4.78 is 1.68. The van der Waals surface area contributed by atoms with Crippen LogP contribution in [0, 0.1) is 6.92 Å². The summed E-state index contributed by atoms with van der Waals surface area (Å²) in [5.41, 5.74) is 4.08. The average Bonchev–Trinajstić information content (AvgIpc) is 2.89. The number of para-hydroxylation sites is 1. The molecule has 180 valence electrons. The number of aryl methyl sites for hydroxylation is 2. The molecule has 3 aromatic carbocycles. The Bertz CT molecular complexity index is 1390. The van der Waals surface area contributed by atoms with Crippen LogP contribution in [-0.4, -0.2) is 26.9 Å². The van der Waals surface area contributed by atoms with Crippen LogP contribution in [-0.2, 0) is 6.42 Å². The molecule has 0 saturated heterocycles. The molecule has 1 amide bonds. The number of fused-ring (bicyclic) bond motifs is 1. The molecule has 1 atom stereocenters. The van der Waals surface area contributed by atoms with E-state index in [0.717, 1.165) is 30.5 Å². The first-order valence-electron chi connectivity index (χ1n) is 12.4. The number of unbranched alkanes of at least 4 members (excludes halogenated alkanes) is 1. The number of nitrogens with zero attached hydrogens (tertiary/aromatic N) is 3. The van der Waals surface area contributed by atoms with Gasteiger partial charge in [0.15, 0.2) is 0 Å². The second-order valence-corrected chi connectivity index (χ2v) is 8.99. The fourth-order valence-electron chi connectivity index (χ4n) is 4.47. The molecule has 5 nitrogen and oxygen atoms in total. The van der Waals surface area contributed by atoms with E-state index in [1.807, 2.05) is 91.5 Å². The Morgan fingerprint density at radius 2 is 1.66 bits per heavy atom. The summed E-state index contributed by atoms with van der Waals surface area (Å²) >= 11 is 0. The Hall–Kier alpha value is -3.73. The van der Waals surface area contributed by atoms with Gasteiger partial charge < -0.3 is 4.90 Å². The monoisotopic (exact) mass is 467 g/mol. The Balaban J connectivity index is 1.90. The van der Waals surface area contributed by atoms with Gasteiger partial charge in [-0.25, -0.2) is 4.98 Å². The lowest BCUT2D eigenvalue weighted by Crippen LogP contribution is -2.38. The van der Waals surface area contributed by atoms with E-state index in [2.05, 4.69) is 13.8 Å². The molecule has 5 heteroatoms. The minimum Gasteiger partial charge on any atom is -0.329 e. The molecule has 0 aliphatic heterocycles. The van der Waals surface area contributed by atoms with Gasteiger partial charge in [-0.2, -0.15) is 0 Å². The zero-order valence-corrected chi connectivity index (χ0v) is 21.0. The molecule has 0 aliphatic carbocycles. The minimum atomic E-state index is -0.406. The van der Waals surface area contributed by atoms with Crippen molar-refractivity contribution in [1.29, 1.82) is 0 Å². The SMILES string of the molecule is CCCCN(C(=O)c1ccccc1C)C(C)c1nc2ccccc2c(=O)n1-c1ccc(CC)cc1. The lowest BCUT2D eigenvalue weighted by atomic mass is 10.1. The number of rotatable bonds is 8. The van der Waals surface area contributed by atoms with Crippen molar-refractivity contribution in [1.82, 2.24) is 14.5 Å². The van der Waals surface area contributed by atoms with Crippen molar-refractivity contribution in [3.05, 3.63) is 106 Å². The predicted molar refractivity (Wildman–Crippen MR) is 142 cm³/mol. The van der Waals surface area contributed by atoms with E-state index in [9.17, 15) is 9.59 Å². The van der Waals surface area contributed by atoms with E-state index in [1.54, 1.807) is 4.57 Å². The molecule has 4 rings (SSSR count). The normalized spacial score (nSPS) is 12.0. The third-order valence-corrected chi connectivity index (χ3v) is 6.63. The molecule has 1 unspecified atom stereocenters. The van der Waals surface area contributed by atoms with Gasteiger partial charge in [0.2, 0.25) is 0 Å². The maximum absolute atomic E-state index is 13.8. The smallest absolute Gasteiger partial charge is 0.266 e. The standard InChI is InChI=1S/C30H33N3O2/c1-5-7-20-32(29(34)25-13-9-8-12-21(25)3)22(4)28-31-27-15-11-10-14-26(27)30(35)33(28)24-18-16-23(6-2)17-19-24/h8-19,22H,5-7,20H2,1-4H3. The molecule has 0 spiro atoms. The van der Waals surface area contributed by atoms with E-state index in [0.29, 0.717) is 28.8 Å². The summed E-state index contributed by atoms with van der Waals surface area (Å²) in [4.78, 5) is 34.3. The highest BCUT2D eigenvalue weighted by Crippen LogP contribution is 2.26. The van der Waals surface area contributed by atoms with Crippen LogP contribution in [0.1, 0.15) is 67.0 Å². The van der Waals surface area contributed by atoms with E-state index < -0.39 is 6.04 Å². The van der Waals surface area contributed by atoms with Gasteiger partial charge in [0.05, 0.1) is 22.6 Å². The molecule has 0 bridgehead atoms. The van der Waals surface area contributed by atoms with Gasteiger partial charge in [-0.15, -0.1) is 0 Å². The minimum absolute atomic E-state index is 0.0423. The van der Waals surface area contributed by atoms with Crippen LogP contribution < -0.4 is 5.56 Å². The number of amides is 1. The van der Waals surface area contributed by atoms with Gasteiger partial charge in [-0.05, 0) is 68.1 Å². The van der Waals surface area contributed by atoms with Crippen molar-refractivity contribution in [2.75, 3.05) is 6.54 Å². The Morgan fingerprint density at radius 1 is 0.971 bits per heavy atom. The van der Waals surface area contributed by atoms with Crippen molar-refractivity contribution in [3.63, 3.8) is 0 Å². The van der Waals surface area contributed by atoms with Crippen molar-refractivity contribution >= 4 is 16.8 Å². The highest BCUT2D eigenvalue weighted by atomic mass is 16.2. The van der Waals surface area contributed by atoms with Crippen LogP contribution in [0.25, 0.3) is 16.6 Å². The molecular weight excluding hydrogens is 434 g/mol. The maximum Gasteiger partial charge on any atom is 0.266 e. The zero-order valence-electron chi connectivity index (χ0n) is 21.0. The fourth-order valence-corrected chi connectivity index (χ4v) is 4.47. The number of aromatic nitrogens is 2. The first kappa shape index (κ1) is 24.4. The summed E-state index contributed by atoms with van der Waals surface area (Å²) in [5.74, 6) is 0.523. The van der Waals surface area contributed by atoms with Crippen LogP contribution in [0.15, 0.2) is 77.6 Å². The Labute approximate surface area is 207 Å². The second kappa shape index (κ2) is 10.7. The molecule has 0 N–H and O–H groups in total. The lowest BCUT2D eigenvalue weighted by molar-refractivity contribution is 0.0677. The van der Waals surface area contributed by atoms with Crippen molar-refractivity contribution < 1.29 is 4.79 Å². The summed E-state index contributed by atoms with van der Waals surface area (Å²) in [7, 11) is 0. The summed E-state index contributed by atoms with van der Waals surface area (Å²) in [6, 6.07) is 22.7. The first-order valence-corrected chi connectivity index (χ1v) is 12.4. The second-order valence-electron chi connectivity index (χ2n) is 8.99. The van der Waals surface area contributed by atoms with Crippen molar-refractivity contribution in [3.8, 4) is 5.69 Å². The van der Waals surface area contributed by atoms with E-state index in [1.165, 1.54) is 5.56 Å². The lowest BCUT2D eigenvalue weighted by Gasteiger charge is -2.31. The number of hydrogen-bond acceptors (Lipinski definition) is 3. The van der Waals surface area contributed by atoms with Gasteiger partial charge in [-0.3, -0.25) is 14.2 Å². The maximum atomic E-state index is 13.8. The number of carbonyl (C=O) groups excluding carboxylic acids is 1. The molecule has 0 fully saturated rings. The van der Waals surface area contributed by atoms with E-state index in [-0.39, 0.29) is 11.5 Å². The summed E-state index contributed by atoms with van der Waals surface area (Å²) in [6.07, 6.45) is 2.75. The van der Waals surface area contributed by atoms with Crippen LogP contribution in [0.3, 0.4) is 0 Å². The topological polar surface area (TPSA) is 55.2 Å². The molecule has 0 radical (unpaired) electrons. The molecule has 1 heterocycles. The number of benzene rings is 3. The Kier molecular flexibility index (Phi) is 7.45. The van der Waals surface area contributed by atoms with Gasteiger partial charge in [0.1, 0.15) is 5.82 Å². The van der Waals surface area contributed by atoms with Crippen LogP contribution in [0.5, 0.6) is 0 Å². The predicted octanol–water partition coefficient (Wildman–Crippen LogP) is 6.26. The molecule has 1 aromatic heterocycles. The van der Waals surface area contributed by atoms with Crippen molar-refractivity contribution in [2.24, 2.45) is 0 Å².